The smallest absolute Gasteiger partial charge is 0.237 e. The predicted molar refractivity (Wildman–Crippen MR) is 120 cm³/mol. The number of carbonyl (C=O) groups is 1. The maximum atomic E-state index is 13.4. The molecule has 1 saturated heterocycles. The summed E-state index contributed by atoms with van der Waals surface area (Å²) in [6.45, 7) is 0.773. The molecule has 1 aromatic carbocycles. The van der Waals surface area contributed by atoms with Gasteiger partial charge in [-0.25, -0.2) is 12.8 Å². The summed E-state index contributed by atoms with van der Waals surface area (Å²) in [5, 5.41) is 11.8. The van der Waals surface area contributed by atoms with E-state index >= 15 is 0 Å². The predicted octanol–water partition coefficient (Wildman–Crippen LogP) is 2.33. The third-order valence-electron chi connectivity index (χ3n) is 8.52. The van der Waals surface area contributed by atoms with Gasteiger partial charge in [-0.3, -0.25) is 4.79 Å². The molecule has 4 bridgehead atoms. The molecule has 0 aromatic heterocycles. The zero-order valence-corrected chi connectivity index (χ0v) is 19.5. The van der Waals surface area contributed by atoms with Crippen LogP contribution in [0.15, 0.2) is 29.2 Å². The molecule has 178 valence electrons. The second-order valence-corrected chi connectivity index (χ2v) is 12.8. The highest BCUT2D eigenvalue weighted by Gasteiger charge is 2.61. The minimum absolute atomic E-state index is 0.0564. The van der Waals surface area contributed by atoms with Gasteiger partial charge in [-0.15, -0.1) is 0 Å². The van der Waals surface area contributed by atoms with E-state index < -0.39 is 26.4 Å². The summed E-state index contributed by atoms with van der Waals surface area (Å²) in [6.07, 6.45) is 6.63. The van der Waals surface area contributed by atoms with Crippen LogP contribution in [-0.4, -0.2) is 49.3 Å². The first-order chi connectivity index (χ1) is 15.7. The SMILES string of the molecule is N#CC1CCCN1C(=O)CNC12CC3CC(C1)CC(C(N)S(=O)(=O)c1ccc(F)cc1)(C3)C2. The number of nitrogens with zero attached hydrogens (tertiary/aromatic N) is 2. The standard InChI is InChI=1S/C24H31FN4O3S/c25-18-3-5-20(6-4-18)33(31,32)22(27)23-9-16-8-17(10-23)12-24(11-16,15-23)28-14-21(30)29-7-1-2-19(29)13-26/h3-6,16-17,19,22,28H,1-2,7-12,14-15,27H2. The number of rotatable bonds is 6. The van der Waals surface area contributed by atoms with Gasteiger partial charge >= 0.3 is 0 Å². The van der Waals surface area contributed by atoms with E-state index in [-0.39, 0.29) is 28.9 Å². The number of halogens is 1. The van der Waals surface area contributed by atoms with Crippen LogP contribution in [0.4, 0.5) is 4.39 Å². The van der Waals surface area contributed by atoms with E-state index in [2.05, 4.69) is 11.4 Å². The summed E-state index contributed by atoms with van der Waals surface area (Å²) in [6, 6.07) is 6.75. The molecular formula is C24H31FN4O3S. The first-order valence-electron chi connectivity index (χ1n) is 11.9. The molecule has 4 aliphatic carbocycles. The lowest BCUT2D eigenvalue weighted by atomic mass is 9.46. The lowest BCUT2D eigenvalue weighted by molar-refractivity contribution is -0.132. The number of sulfone groups is 1. The number of likely N-dealkylation sites (tertiary alicyclic amines) is 1. The summed E-state index contributed by atoms with van der Waals surface area (Å²) < 4.78 is 40.2. The molecule has 4 atom stereocenters. The fourth-order valence-electron chi connectivity index (χ4n) is 7.54. The molecule has 1 aromatic rings. The normalized spacial score (nSPS) is 36.0. The fraction of sp³-hybridized carbons (Fsp3) is 0.667. The van der Waals surface area contributed by atoms with Crippen LogP contribution in [0.1, 0.15) is 51.4 Å². The molecule has 5 fully saturated rings. The first-order valence-corrected chi connectivity index (χ1v) is 13.4. The maximum Gasteiger partial charge on any atom is 0.237 e. The molecule has 1 amide bonds. The Bertz CT molecular complexity index is 1070. The van der Waals surface area contributed by atoms with Gasteiger partial charge in [-0.1, -0.05) is 0 Å². The number of hydrogen-bond acceptors (Lipinski definition) is 6. The highest BCUT2D eigenvalue weighted by atomic mass is 32.2. The van der Waals surface area contributed by atoms with Crippen LogP contribution in [-0.2, 0) is 14.6 Å². The Morgan fingerprint density at radius 2 is 1.91 bits per heavy atom. The Hall–Kier alpha value is -2.02. The highest BCUT2D eigenvalue weighted by molar-refractivity contribution is 7.92. The van der Waals surface area contributed by atoms with Crippen LogP contribution in [0.5, 0.6) is 0 Å². The fourth-order valence-corrected chi connectivity index (χ4v) is 9.28. The Labute approximate surface area is 194 Å². The van der Waals surface area contributed by atoms with E-state index in [1.54, 1.807) is 4.90 Å². The van der Waals surface area contributed by atoms with Crippen molar-refractivity contribution in [1.29, 1.82) is 5.26 Å². The Morgan fingerprint density at radius 3 is 2.55 bits per heavy atom. The zero-order chi connectivity index (χ0) is 23.4. The second-order valence-electron chi connectivity index (χ2n) is 10.8. The largest absolute Gasteiger partial charge is 0.326 e. The molecule has 1 aliphatic heterocycles. The number of nitriles is 1. The lowest BCUT2D eigenvalue weighted by Crippen LogP contribution is -2.67. The van der Waals surface area contributed by atoms with Gasteiger partial charge in [0.1, 0.15) is 17.2 Å². The van der Waals surface area contributed by atoms with Gasteiger partial charge in [0.15, 0.2) is 9.84 Å². The molecule has 5 aliphatic rings. The number of carbonyl (C=O) groups excluding carboxylic acids is 1. The van der Waals surface area contributed by atoms with E-state index in [0.717, 1.165) is 57.1 Å². The number of nitrogens with two attached hydrogens (primary N) is 1. The van der Waals surface area contributed by atoms with Gasteiger partial charge in [-0.05, 0) is 87.5 Å². The van der Waals surface area contributed by atoms with Crippen molar-refractivity contribution < 1.29 is 17.6 Å². The van der Waals surface area contributed by atoms with Gasteiger partial charge in [0.25, 0.3) is 0 Å². The van der Waals surface area contributed by atoms with Crippen molar-refractivity contribution in [2.45, 2.75) is 73.2 Å². The second kappa shape index (κ2) is 8.03. The van der Waals surface area contributed by atoms with Crippen molar-refractivity contribution in [1.82, 2.24) is 10.2 Å². The first kappa shape index (κ1) is 22.8. The van der Waals surface area contributed by atoms with Gasteiger partial charge in [0.05, 0.1) is 17.5 Å². The quantitative estimate of drug-likeness (QED) is 0.612. The van der Waals surface area contributed by atoms with Crippen molar-refractivity contribution in [3.05, 3.63) is 30.1 Å². The van der Waals surface area contributed by atoms with E-state index in [9.17, 15) is 22.9 Å². The number of hydrogen-bond donors (Lipinski definition) is 2. The molecule has 4 unspecified atom stereocenters. The van der Waals surface area contributed by atoms with Gasteiger partial charge < -0.3 is 16.0 Å². The molecular weight excluding hydrogens is 443 g/mol. The lowest BCUT2D eigenvalue weighted by Gasteiger charge is -2.63. The summed E-state index contributed by atoms with van der Waals surface area (Å²) in [5.41, 5.74) is 5.68. The van der Waals surface area contributed by atoms with Crippen molar-refractivity contribution in [2.75, 3.05) is 13.1 Å². The van der Waals surface area contributed by atoms with Crippen LogP contribution < -0.4 is 11.1 Å². The maximum absolute atomic E-state index is 13.4. The van der Waals surface area contributed by atoms with E-state index in [0.29, 0.717) is 24.8 Å². The van der Waals surface area contributed by atoms with E-state index in [4.69, 9.17) is 5.73 Å². The van der Waals surface area contributed by atoms with Crippen LogP contribution >= 0.6 is 0 Å². The molecule has 33 heavy (non-hydrogen) atoms. The molecule has 9 heteroatoms. The number of amides is 1. The molecule has 1 heterocycles. The Kier molecular flexibility index (Phi) is 5.54. The molecule has 0 spiro atoms. The zero-order valence-electron chi connectivity index (χ0n) is 18.7. The van der Waals surface area contributed by atoms with Gasteiger partial charge in [0, 0.05) is 17.5 Å². The average Bonchev–Trinajstić information content (AvgIpc) is 3.25. The van der Waals surface area contributed by atoms with Crippen molar-refractivity contribution in [2.24, 2.45) is 23.0 Å². The monoisotopic (exact) mass is 474 g/mol. The van der Waals surface area contributed by atoms with E-state index in [1.807, 2.05) is 0 Å². The third-order valence-corrected chi connectivity index (χ3v) is 10.6. The molecule has 7 nitrogen and oxygen atoms in total. The molecule has 0 radical (unpaired) electrons. The van der Waals surface area contributed by atoms with Crippen LogP contribution in [0, 0.1) is 34.4 Å². The van der Waals surface area contributed by atoms with Crippen molar-refractivity contribution in [3.8, 4) is 6.07 Å². The van der Waals surface area contributed by atoms with E-state index in [1.165, 1.54) is 12.1 Å². The summed E-state index contributed by atoms with van der Waals surface area (Å²) in [7, 11) is -3.83. The minimum atomic E-state index is -3.83. The number of nitrogens with one attached hydrogen (secondary N) is 1. The summed E-state index contributed by atoms with van der Waals surface area (Å²) >= 11 is 0. The number of benzene rings is 1. The topological polar surface area (TPSA) is 116 Å². The van der Waals surface area contributed by atoms with Crippen molar-refractivity contribution >= 4 is 15.7 Å². The minimum Gasteiger partial charge on any atom is -0.326 e. The van der Waals surface area contributed by atoms with Crippen LogP contribution in [0.2, 0.25) is 0 Å². The van der Waals surface area contributed by atoms with Crippen LogP contribution in [0.25, 0.3) is 0 Å². The molecule has 6 rings (SSSR count). The van der Waals surface area contributed by atoms with Crippen molar-refractivity contribution in [3.63, 3.8) is 0 Å². The summed E-state index contributed by atoms with van der Waals surface area (Å²) in [5.74, 6) is 0.206. The summed E-state index contributed by atoms with van der Waals surface area (Å²) in [4.78, 5) is 14.6. The third kappa shape index (κ3) is 3.86. The Balaban J connectivity index is 1.36. The average molecular weight is 475 g/mol. The highest BCUT2D eigenvalue weighted by Crippen LogP contribution is 2.63. The van der Waals surface area contributed by atoms with Gasteiger partial charge in [0.2, 0.25) is 5.91 Å². The Morgan fingerprint density at radius 1 is 1.24 bits per heavy atom. The molecule has 4 saturated carbocycles. The van der Waals surface area contributed by atoms with Gasteiger partial charge in [-0.2, -0.15) is 5.26 Å². The molecule has 3 N–H and O–H groups in total. The van der Waals surface area contributed by atoms with Crippen LogP contribution in [0.3, 0.4) is 0 Å².